The van der Waals surface area contributed by atoms with Crippen LogP contribution in [0, 0.1) is 0 Å². The number of amides is 1. The Morgan fingerprint density at radius 1 is 0.824 bits per heavy atom. The minimum atomic E-state index is -3.79. The summed E-state index contributed by atoms with van der Waals surface area (Å²) >= 11 is 0. The maximum Gasteiger partial charge on any atom is 0.265 e. The second-order valence-electron chi connectivity index (χ2n) is 8.04. The Hall–Kier alpha value is -3.27. The molecule has 0 fully saturated rings. The van der Waals surface area contributed by atoms with Crippen LogP contribution in [0.15, 0.2) is 83.8 Å². The third kappa shape index (κ3) is 5.61. The van der Waals surface area contributed by atoms with E-state index in [-0.39, 0.29) is 4.91 Å². The summed E-state index contributed by atoms with van der Waals surface area (Å²) in [7, 11) is -7.07. The number of hydrogen-bond donors (Lipinski definition) is 1. The molecule has 1 N–H and O–H groups in total. The molecule has 0 atom stereocenters. The molecule has 0 saturated carbocycles. The quantitative estimate of drug-likeness (QED) is 0.512. The van der Waals surface area contributed by atoms with Gasteiger partial charge in [-0.1, -0.05) is 66.7 Å². The molecule has 7 nitrogen and oxygen atoms in total. The lowest BCUT2D eigenvalue weighted by molar-refractivity contribution is -0.114. The first-order valence-electron chi connectivity index (χ1n) is 10.4. The molecule has 1 aliphatic heterocycles. The van der Waals surface area contributed by atoms with E-state index in [0.29, 0.717) is 30.1 Å². The van der Waals surface area contributed by atoms with E-state index in [1.54, 1.807) is 36.4 Å². The van der Waals surface area contributed by atoms with Crippen molar-refractivity contribution in [3.63, 3.8) is 0 Å². The van der Waals surface area contributed by atoms with Crippen molar-refractivity contribution in [2.45, 2.75) is 24.5 Å². The van der Waals surface area contributed by atoms with Gasteiger partial charge in [0.2, 0.25) is 0 Å². The molecular weight excluding hydrogens is 474 g/mol. The minimum Gasteiger partial charge on any atom is -0.372 e. The molecule has 0 aliphatic carbocycles. The normalized spacial score (nSPS) is 15.1. The van der Waals surface area contributed by atoms with E-state index in [1.165, 1.54) is 6.26 Å². The van der Waals surface area contributed by atoms with E-state index in [9.17, 15) is 21.6 Å². The fraction of sp³-hybridized carbons (Fsp3) is 0.160. The largest absolute Gasteiger partial charge is 0.372 e. The fourth-order valence-corrected chi connectivity index (χ4v) is 5.77. The minimum absolute atomic E-state index is 0.0378. The van der Waals surface area contributed by atoms with Gasteiger partial charge in [0.15, 0.2) is 9.84 Å². The van der Waals surface area contributed by atoms with Gasteiger partial charge >= 0.3 is 0 Å². The summed E-state index contributed by atoms with van der Waals surface area (Å²) in [5.41, 5.74) is 4.05. The third-order valence-electron chi connectivity index (χ3n) is 5.35. The highest BCUT2D eigenvalue weighted by Crippen LogP contribution is 2.24. The van der Waals surface area contributed by atoms with Gasteiger partial charge in [-0.3, -0.25) is 4.79 Å². The number of benzene rings is 3. The first-order valence-corrected chi connectivity index (χ1v) is 13.8. The number of ether oxygens (including phenoxy) is 1. The van der Waals surface area contributed by atoms with Crippen LogP contribution in [0.25, 0.3) is 4.91 Å². The average Bonchev–Trinajstić information content (AvgIpc) is 3.07. The molecule has 0 spiro atoms. The van der Waals surface area contributed by atoms with Gasteiger partial charge in [0, 0.05) is 12.3 Å². The van der Waals surface area contributed by atoms with Crippen LogP contribution in [0.1, 0.15) is 27.8 Å². The summed E-state index contributed by atoms with van der Waals surface area (Å²) in [5.74, 6) is -0.645. The first-order chi connectivity index (χ1) is 16.1. The van der Waals surface area contributed by atoms with Gasteiger partial charge in [-0.15, -0.1) is 0 Å². The lowest BCUT2D eigenvalue weighted by Gasteiger charge is -2.09. The van der Waals surface area contributed by atoms with Gasteiger partial charge in [0.25, 0.3) is 15.9 Å². The van der Waals surface area contributed by atoms with Gasteiger partial charge in [-0.2, -0.15) is 0 Å². The molecule has 9 heteroatoms. The summed E-state index contributed by atoms with van der Waals surface area (Å²) in [6.07, 6.45) is 2.81. The number of carbonyl (C=O) groups is 1. The smallest absolute Gasteiger partial charge is 0.265 e. The second-order valence-corrected chi connectivity index (χ2v) is 11.7. The van der Waals surface area contributed by atoms with Gasteiger partial charge in [-0.25, -0.2) is 21.6 Å². The highest BCUT2D eigenvalue weighted by Gasteiger charge is 2.28. The number of carbonyl (C=O) groups excluding carboxylic acids is 1. The summed E-state index contributed by atoms with van der Waals surface area (Å²) in [6.45, 7) is 0.729. The standard InChI is InChI=1S/C25H23NO6S2/c1-33(28,29)23-5-3-2-4-22(23)14-18-6-8-19(9-7-18)16-32-17-20-10-12-21(13-11-20)24-15-25(27)26-34(24,30)31/h2-13,15H,14,16-17H2,1H3,(H,26,27). The van der Waals surface area contributed by atoms with E-state index in [2.05, 4.69) is 0 Å². The molecule has 3 aromatic rings. The molecule has 0 radical (unpaired) electrons. The van der Waals surface area contributed by atoms with E-state index < -0.39 is 25.8 Å². The van der Waals surface area contributed by atoms with Crippen LogP contribution in [0.2, 0.25) is 0 Å². The van der Waals surface area contributed by atoms with Crippen molar-refractivity contribution in [2.24, 2.45) is 0 Å². The number of hydrogen-bond acceptors (Lipinski definition) is 6. The van der Waals surface area contributed by atoms with E-state index in [0.717, 1.165) is 28.3 Å². The highest BCUT2D eigenvalue weighted by atomic mass is 32.2. The van der Waals surface area contributed by atoms with Crippen LogP contribution in [-0.2, 0) is 49.0 Å². The van der Waals surface area contributed by atoms with Crippen molar-refractivity contribution >= 4 is 30.7 Å². The maximum absolute atomic E-state index is 12.0. The number of rotatable bonds is 8. The summed E-state index contributed by atoms with van der Waals surface area (Å²) in [4.78, 5) is 11.6. The molecule has 3 aromatic carbocycles. The van der Waals surface area contributed by atoms with Crippen LogP contribution >= 0.6 is 0 Å². The van der Waals surface area contributed by atoms with E-state index in [4.69, 9.17) is 4.74 Å². The molecule has 1 aliphatic rings. The van der Waals surface area contributed by atoms with Crippen LogP contribution in [-0.4, -0.2) is 29.0 Å². The molecule has 0 aromatic heterocycles. The van der Waals surface area contributed by atoms with Gasteiger partial charge < -0.3 is 4.74 Å². The predicted molar refractivity (Wildman–Crippen MR) is 129 cm³/mol. The molecule has 176 valence electrons. The zero-order valence-corrected chi connectivity index (χ0v) is 20.0. The van der Waals surface area contributed by atoms with Crippen molar-refractivity contribution in [2.75, 3.05) is 6.26 Å². The monoisotopic (exact) mass is 497 g/mol. The zero-order chi connectivity index (χ0) is 24.3. The number of nitrogens with one attached hydrogen (secondary N) is 1. The Morgan fingerprint density at radius 3 is 1.94 bits per heavy atom. The van der Waals surface area contributed by atoms with Crippen molar-refractivity contribution in [3.05, 3.63) is 107 Å². The predicted octanol–water partition coefficient (Wildman–Crippen LogP) is 3.20. The summed E-state index contributed by atoms with van der Waals surface area (Å²) in [5, 5.41) is 0. The molecule has 1 heterocycles. The fourth-order valence-electron chi connectivity index (χ4n) is 3.69. The zero-order valence-electron chi connectivity index (χ0n) is 18.4. The molecule has 4 rings (SSSR count). The Bertz CT molecular complexity index is 1460. The Balaban J connectivity index is 1.33. The molecule has 34 heavy (non-hydrogen) atoms. The van der Waals surface area contributed by atoms with Gasteiger partial charge in [-0.05, 0) is 40.3 Å². The van der Waals surface area contributed by atoms with Crippen molar-refractivity contribution in [1.29, 1.82) is 0 Å². The van der Waals surface area contributed by atoms with Crippen molar-refractivity contribution in [1.82, 2.24) is 4.72 Å². The lowest BCUT2D eigenvalue weighted by Crippen LogP contribution is -2.22. The summed E-state index contributed by atoms with van der Waals surface area (Å²) in [6, 6.07) is 21.6. The van der Waals surface area contributed by atoms with Crippen LogP contribution in [0.5, 0.6) is 0 Å². The first kappa shape index (κ1) is 23.9. The van der Waals surface area contributed by atoms with E-state index in [1.807, 2.05) is 41.1 Å². The molecule has 0 saturated heterocycles. The molecule has 1 amide bonds. The third-order valence-corrected chi connectivity index (χ3v) is 7.95. The van der Waals surface area contributed by atoms with E-state index >= 15 is 0 Å². The van der Waals surface area contributed by atoms with Crippen molar-refractivity contribution in [3.8, 4) is 0 Å². The van der Waals surface area contributed by atoms with Gasteiger partial charge in [0.1, 0.15) is 4.91 Å². The Labute approximate surface area is 199 Å². The van der Waals surface area contributed by atoms with Gasteiger partial charge in [0.05, 0.1) is 18.1 Å². The SMILES string of the molecule is CS(=O)(=O)c1ccccc1Cc1ccc(COCc2ccc(C3=CC(=O)NS3(=O)=O)cc2)cc1. The number of sulfone groups is 1. The Kier molecular flexibility index (Phi) is 6.70. The Morgan fingerprint density at radius 2 is 1.38 bits per heavy atom. The van der Waals surface area contributed by atoms with Crippen LogP contribution in [0.3, 0.4) is 0 Å². The topological polar surface area (TPSA) is 107 Å². The number of sulfonamides is 1. The highest BCUT2D eigenvalue weighted by molar-refractivity contribution is 8.00. The molecule has 0 bridgehead atoms. The average molecular weight is 498 g/mol. The maximum atomic E-state index is 12.0. The molecule has 0 unspecified atom stereocenters. The van der Waals surface area contributed by atoms with Crippen LogP contribution < -0.4 is 4.72 Å². The molecular formula is C25H23NO6S2. The second kappa shape index (κ2) is 9.54. The van der Waals surface area contributed by atoms with Crippen molar-refractivity contribution < 1.29 is 26.4 Å². The van der Waals surface area contributed by atoms with Crippen LogP contribution in [0.4, 0.5) is 0 Å². The lowest BCUT2D eigenvalue weighted by atomic mass is 10.0. The summed E-state index contributed by atoms with van der Waals surface area (Å²) < 4.78 is 55.5.